The van der Waals surface area contributed by atoms with Crippen molar-refractivity contribution >= 4 is 47.4 Å². The first-order valence-electron chi connectivity index (χ1n) is 9.45. The minimum atomic E-state index is 0. The van der Waals surface area contributed by atoms with E-state index in [2.05, 4.69) is 59.5 Å². The van der Waals surface area contributed by atoms with Gasteiger partial charge in [0.1, 0.15) is 0 Å². The molecule has 0 unspecified atom stereocenters. The van der Waals surface area contributed by atoms with Crippen LogP contribution in [-0.4, -0.2) is 16.0 Å². The van der Waals surface area contributed by atoms with Gasteiger partial charge in [0, 0.05) is 23.2 Å². The molecule has 3 nitrogen and oxygen atoms in total. The molecule has 152 valence electrons. The topological polar surface area (TPSA) is 40.7 Å². The molecular weight excluding hydrogens is 413 g/mol. The standard InChI is InChI=1S/C22H26ClN3.2ClH/c1-22(2)9-7-17(8-10-22)24-13-15-3-5-18(19(23)11-15)16-4-6-20-21(12-16)26-14-25-20;;/h3-6,11-12,14,17,24H,7-10,13H2,1-2H3,(H,25,26);2*1H. The molecule has 3 aromatic rings. The summed E-state index contributed by atoms with van der Waals surface area (Å²) in [6.07, 6.45) is 6.87. The highest BCUT2D eigenvalue weighted by molar-refractivity contribution is 6.33. The molecule has 0 amide bonds. The van der Waals surface area contributed by atoms with E-state index in [0.717, 1.165) is 33.7 Å². The smallest absolute Gasteiger partial charge is 0.0931 e. The number of nitrogens with one attached hydrogen (secondary N) is 2. The molecular formula is C22H28Cl3N3. The predicted molar refractivity (Wildman–Crippen MR) is 124 cm³/mol. The number of aromatic amines is 1. The maximum atomic E-state index is 6.59. The van der Waals surface area contributed by atoms with Crippen molar-refractivity contribution in [3.8, 4) is 11.1 Å². The summed E-state index contributed by atoms with van der Waals surface area (Å²) in [7, 11) is 0. The summed E-state index contributed by atoms with van der Waals surface area (Å²) in [5, 5.41) is 4.51. The van der Waals surface area contributed by atoms with Crippen LogP contribution in [0.2, 0.25) is 5.02 Å². The summed E-state index contributed by atoms with van der Waals surface area (Å²) < 4.78 is 0. The van der Waals surface area contributed by atoms with Gasteiger partial charge in [-0.3, -0.25) is 0 Å². The van der Waals surface area contributed by atoms with Gasteiger partial charge in [-0.25, -0.2) is 4.98 Å². The monoisotopic (exact) mass is 439 g/mol. The Kier molecular flexibility index (Phi) is 7.81. The lowest BCUT2D eigenvalue weighted by Crippen LogP contribution is -2.35. The van der Waals surface area contributed by atoms with Crippen molar-refractivity contribution in [1.29, 1.82) is 0 Å². The number of halogens is 3. The highest BCUT2D eigenvalue weighted by Gasteiger charge is 2.26. The van der Waals surface area contributed by atoms with Gasteiger partial charge in [0.05, 0.1) is 17.4 Å². The lowest BCUT2D eigenvalue weighted by molar-refractivity contribution is 0.206. The number of fused-ring (bicyclic) bond motifs is 1. The van der Waals surface area contributed by atoms with Crippen LogP contribution in [0.3, 0.4) is 0 Å². The van der Waals surface area contributed by atoms with Gasteiger partial charge in [0.15, 0.2) is 0 Å². The maximum absolute atomic E-state index is 6.59. The van der Waals surface area contributed by atoms with Crippen LogP contribution in [0.25, 0.3) is 22.2 Å². The third-order valence-corrected chi connectivity index (χ3v) is 6.01. The van der Waals surface area contributed by atoms with Crippen LogP contribution in [0.4, 0.5) is 0 Å². The molecule has 1 aliphatic carbocycles. The number of nitrogens with zero attached hydrogens (tertiary/aromatic N) is 1. The van der Waals surface area contributed by atoms with Crippen LogP contribution in [0, 0.1) is 5.41 Å². The zero-order valence-corrected chi connectivity index (χ0v) is 18.7. The molecule has 1 aliphatic rings. The second-order valence-electron chi connectivity index (χ2n) is 8.27. The first kappa shape index (κ1) is 23.0. The molecule has 0 radical (unpaired) electrons. The van der Waals surface area contributed by atoms with Gasteiger partial charge in [0.25, 0.3) is 0 Å². The van der Waals surface area contributed by atoms with E-state index in [1.165, 1.54) is 31.2 Å². The van der Waals surface area contributed by atoms with Crippen LogP contribution in [0.5, 0.6) is 0 Å². The van der Waals surface area contributed by atoms with Gasteiger partial charge in [0.2, 0.25) is 0 Å². The zero-order chi connectivity index (χ0) is 18.1. The molecule has 0 spiro atoms. The molecule has 2 aromatic carbocycles. The summed E-state index contributed by atoms with van der Waals surface area (Å²) in [5.74, 6) is 0. The lowest BCUT2D eigenvalue weighted by Gasteiger charge is -2.34. The summed E-state index contributed by atoms with van der Waals surface area (Å²) in [6.45, 7) is 5.63. The Morgan fingerprint density at radius 2 is 1.86 bits per heavy atom. The van der Waals surface area contributed by atoms with Crippen LogP contribution < -0.4 is 5.32 Å². The molecule has 1 fully saturated rings. The normalized spacial score (nSPS) is 16.4. The molecule has 0 saturated heterocycles. The zero-order valence-electron chi connectivity index (χ0n) is 16.3. The Bertz CT molecular complexity index is 910. The second kappa shape index (κ2) is 9.49. The molecule has 28 heavy (non-hydrogen) atoms. The average molecular weight is 441 g/mol. The molecule has 1 saturated carbocycles. The number of rotatable bonds is 4. The average Bonchev–Trinajstić information content (AvgIpc) is 3.08. The van der Waals surface area contributed by atoms with Crippen LogP contribution in [0.15, 0.2) is 42.7 Å². The van der Waals surface area contributed by atoms with Crippen LogP contribution >= 0.6 is 36.4 Å². The van der Waals surface area contributed by atoms with Crippen LogP contribution in [-0.2, 0) is 6.54 Å². The molecule has 4 rings (SSSR count). The Hall–Kier alpha value is -1.26. The summed E-state index contributed by atoms with van der Waals surface area (Å²) in [6, 6.07) is 13.2. The fourth-order valence-corrected chi connectivity index (χ4v) is 4.18. The SMILES string of the molecule is CC1(C)CCC(NCc2ccc(-c3ccc4nc[nH]c4c3)c(Cl)c2)CC1.Cl.Cl. The maximum Gasteiger partial charge on any atom is 0.0931 e. The highest BCUT2D eigenvalue weighted by Crippen LogP contribution is 2.35. The summed E-state index contributed by atoms with van der Waals surface area (Å²) in [4.78, 5) is 7.43. The first-order chi connectivity index (χ1) is 12.5. The van der Waals surface area contributed by atoms with Crippen molar-refractivity contribution in [1.82, 2.24) is 15.3 Å². The van der Waals surface area contributed by atoms with Gasteiger partial charge in [-0.05, 0) is 60.4 Å². The summed E-state index contributed by atoms with van der Waals surface area (Å²) in [5.41, 5.74) is 5.93. The van der Waals surface area contributed by atoms with E-state index in [1.807, 2.05) is 6.07 Å². The molecule has 0 atom stereocenters. The lowest BCUT2D eigenvalue weighted by atomic mass is 9.75. The van der Waals surface area contributed by atoms with Crippen molar-refractivity contribution in [3.63, 3.8) is 0 Å². The minimum absolute atomic E-state index is 0. The van der Waals surface area contributed by atoms with Gasteiger partial charge in [-0.2, -0.15) is 0 Å². The fourth-order valence-electron chi connectivity index (χ4n) is 3.87. The number of imidazole rings is 1. The third kappa shape index (κ3) is 5.21. The largest absolute Gasteiger partial charge is 0.345 e. The van der Waals surface area contributed by atoms with E-state index in [0.29, 0.717) is 11.5 Å². The highest BCUT2D eigenvalue weighted by atomic mass is 35.5. The minimum Gasteiger partial charge on any atom is -0.345 e. The molecule has 1 heterocycles. The van der Waals surface area contributed by atoms with Crippen LogP contribution in [0.1, 0.15) is 45.1 Å². The quantitative estimate of drug-likeness (QED) is 0.469. The van der Waals surface area contributed by atoms with E-state index in [4.69, 9.17) is 11.6 Å². The summed E-state index contributed by atoms with van der Waals surface area (Å²) >= 11 is 6.59. The van der Waals surface area contributed by atoms with E-state index >= 15 is 0 Å². The van der Waals surface area contributed by atoms with E-state index < -0.39 is 0 Å². The Balaban J connectivity index is 0.00000140. The van der Waals surface area contributed by atoms with Crippen molar-refractivity contribution in [2.24, 2.45) is 5.41 Å². The molecule has 6 heteroatoms. The number of hydrogen-bond acceptors (Lipinski definition) is 2. The second-order valence-corrected chi connectivity index (χ2v) is 8.68. The van der Waals surface area contributed by atoms with E-state index in [1.54, 1.807) is 6.33 Å². The number of benzene rings is 2. The Labute approximate surface area is 184 Å². The predicted octanol–water partition coefficient (Wildman–Crippen LogP) is 6.79. The number of aromatic nitrogens is 2. The number of hydrogen-bond donors (Lipinski definition) is 2. The molecule has 0 bridgehead atoms. The van der Waals surface area contributed by atoms with Crippen molar-refractivity contribution in [3.05, 3.63) is 53.3 Å². The molecule has 1 aromatic heterocycles. The fraction of sp³-hybridized carbons (Fsp3) is 0.409. The van der Waals surface area contributed by atoms with Crippen molar-refractivity contribution in [2.75, 3.05) is 0 Å². The van der Waals surface area contributed by atoms with Crippen molar-refractivity contribution in [2.45, 2.75) is 52.1 Å². The van der Waals surface area contributed by atoms with E-state index in [-0.39, 0.29) is 24.8 Å². The molecule has 2 N–H and O–H groups in total. The Morgan fingerprint density at radius 1 is 1.11 bits per heavy atom. The number of H-pyrrole nitrogens is 1. The molecule has 0 aliphatic heterocycles. The van der Waals surface area contributed by atoms with Gasteiger partial charge in [-0.1, -0.05) is 43.6 Å². The van der Waals surface area contributed by atoms with Gasteiger partial charge in [-0.15, -0.1) is 24.8 Å². The van der Waals surface area contributed by atoms with Gasteiger partial charge < -0.3 is 10.3 Å². The first-order valence-corrected chi connectivity index (χ1v) is 9.83. The third-order valence-electron chi connectivity index (χ3n) is 5.70. The van der Waals surface area contributed by atoms with Crippen molar-refractivity contribution < 1.29 is 0 Å². The Morgan fingerprint density at radius 3 is 2.57 bits per heavy atom. The van der Waals surface area contributed by atoms with Gasteiger partial charge >= 0.3 is 0 Å². The van der Waals surface area contributed by atoms with E-state index in [9.17, 15) is 0 Å².